The number of aryl methyl sites for hydroxylation is 2. The van der Waals surface area contributed by atoms with Gasteiger partial charge in [-0.2, -0.15) is 0 Å². The van der Waals surface area contributed by atoms with Crippen LogP contribution in [0.25, 0.3) is 0 Å². The SMILES string of the molecule is CNC(=O)CN1CCCCC1c1nc(C)cc(Nc2cccc(C)n2)n1. The van der Waals surface area contributed by atoms with Gasteiger partial charge < -0.3 is 10.6 Å². The highest BCUT2D eigenvalue weighted by atomic mass is 16.1. The van der Waals surface area contributed by atoms with Crippen LogP contribution in [0.3, 0.4) is 0 Å². The third-order valence-electron chi connectivity index (χ3n) is 4.55. The number of hydrogen-bond acceptors (Lipinski definition) is 6. The topological polar surface area (TPSA) is 83.0 Å². The molecule has 2 N–H and O–H groups in total. The molecule has 1 saturated heterocycles. The van der Waals surface area contributed by atoms with Crippen molar-refractivity contribution in [1.29, 1.82) is 0 Å². The van der Waals surface area contributed by atoms with Crippen molar-refractivity contribution in [3.63, 3.8) is 0 Å². The summed E-state index contributed by atoms with van der Waals surface area (Å²) in [5.74, 6) is 2.28. The van der Waals surface area contributed by atoms with Crippen molar-refractivity contribution in [3.8, 4) is 0 Å². The number of pyridine rings is 1. The minimum atomic E-state index is 0.0202. The summed E-state index contributed by atoms with van der Waals surface area (Å²) in [6, 6.07) is 7.82. The Morgan fingerprint density at radius 2 is 2.00 bits per heavy atom. The molecule has 3 rings (SSSR count). The van der Waals surface area contributed by atoms with Crippen LogP contribution in [-0.2, 0) is 4.79 Å². The predicted octanol–water partition coefficient (Wildman–Crippen LogP) is 2.51. The number of hydrogen-bond donors (Lipinski definition) is 2. The van der Waals surface area contributed by atoms with E-state index >= 15 is 0 Å². The molecule has 1 atom stereocenters. The Morgan fingerprint density at radius 3 is 2.77 bits per heavy atom. The van der Waals surface area contributed by atoms with Gasteiger partial charge in [-0.3, -0.25) is 9.69 Å². The molecule has 1 aliphatic heterocycles. The average Bonchev–Trinajstić information content (AvgIpc) is 2.61. The number of nitrogens with zero attached hydrogens (tertiary/aromatic N) is 4. The van der Waals surface area contributed by atoms with Crippen molar-refractivity contribution in [3.05, 3.63) is 41.5 Å². The zero-order chi connectivity index (χ0) is 18.5. The number of carbonyl (C=O) groups excluding carboxylic acids is 1. The summed E-state index contributed by atoms with van der Waals surface area (Å²) in [6.07, 6.45) is 3.18. The van der Waals surface area contributed by atoms with Gasteiger partial charge in [-0.15, -0.1) is 0 Å². The van der Waals surface area contributed by atoms with Gasteiger partial charge in [0.15, 0.2) is 0 Å². The van der Waals surface area contributed by atoms with Gasteiger partial charge in [0.25, 0.3) is 0 Å². The van der Waals surface area contributed by atoms with Crippen LogP contribution in [-0.4, -0.2) is 45.9 Å². The van der Waals surface area contributed by atoms with Crippen LogP contribution in [0, 0.1) is 13.8 Å². The van der Waals surface area contributed by atoms with E-state index in [1.807, 2.05) is 38.1 Å². The Morgan fingerprint density at radius 1 is 1.15 bits per heavy atom. The Bertz CT molecular complexity index is 778. The van der Waals surface area contributed by atoms with E-state index in [0.29, 0.717) is 6.54 Å². The average molecular weight is 354 g/mol. The highest BCUT2D eigenvalue weighted by Gasteiger charge is 2.28. The third-order valence-corrected chi connectivity index (χ3v) is 4.55. The van der Waals surface area contributed by atoms with Crippen LogP contribution < -0.4 is 10.6 Å². The van der Waals surface area contributed by atoms with Crippen molar-refractivity contribution >= 4 is 17.5 Å². The fourth-order valence-electron chi connectivity index (χ4n) is 3.28. The highest BCUT2D eigenvalue weighted by molar-refractivity contribution is 5.77. The molecule has 1 amide bonds. The molecule has 1 aliphatic rings. The fourth-order valence-corrected chi connectivity index (χ4v) is 3.28. The zero-order valence-corrected chi connectivity index (χ0v) is 15.6. The highest BCUT2D eigenvalue weighted by Crippen LogP contribution is 2.29. The number of amides is 1. The maximum atomic E-state index is 11.8. The van der Waals surface area contributed by atoms with Crippen LogP contribution in [0.2, 0.25) is 0 Å². The van der Waals surface area contributed by atoms with Crippen molar-refractivity contribution < 1.29 is 4.79 Å². The first-order chi connectivity index (χ1) is 12.5. The van der Waals surface area contributed by atoms with Crippen LogP contribution in [0.5, 0.6) is 0 Å². The van der Waals surface area contributed by atoms with Gasteiger partial charge >= 0.3 is 0 Å². The molecule has 0 radical (unpaired) electrons. The predicted molar refractivity (Wildman–Crippen MR) is 101 cm³/mol. The van der Waals surface area contributed by atoms with E-state index in [-0.39, 0.29) is 11.9 Å². The van der Waals surface area contributed by atoms with E-state index in [2.05, 4.69) is 25.5 Å². The molecule has 7 heteroatoms. The van der Waals surface area contributed by atoms with Crippen molar-refractivity contribution in [2.75, 3.05) is 25.5 Å². The van der Waals surface area contributed by atoms with Gasteiger partial charge in [0.2, 0.25) is 5.91 Å². The number of carbonyl (C=O) groups is 1. The van der Waals surface area contributed by atoms with Gasteiger partial charge in [0.05, 0.1) is 12.6 Å². The molecular weight excluding hydrogens is 328 g/mol. The molecule has 0 aliphatic carbocycles. The first kappa shape index (κ1) is 18.3. The van der Waals surface area contributed by atoms with Gasteiger partial charge in [0, 0.05) is 24.5 Å². The Hall–Kier alpha value is -2.54. The van der Waals surface area contributed by atoms with Crippen LogP contribution in [0.1, 0.15) is 42.5 Å². The molecular formula is C19H26N6O. The third kappa shape index (κ3) is 4.54. The lowest BCUT2D eigenvalue weighted by Crippen LogP contribution is -2.41. The monoisotopic (exact) mass is 354 g/mol. The van der Waals surface area contributed by atoms with Gasteiger partial charge in [-0.25, -0.2) is 15.0 Å². The molecule has 3 heterocycles. The molecule has 1 unspecified atom stereocenters. The fraction of sp³-hybridized carbons (Fsp3) is 0.474. The lowest BCUT2D eigenvalue weighted by molar-refractivity contribution is -0.122. The maximum absolute atomic E-state index is 11.8. The zero-order valence-electron chi connectivity index (χ0n) is 15.6. The molecule has 138 valence electrons. The summed E-state index contributed by atoms with van der Waals surface area (Å²) in [7, 11) is 1.67. The first-order valence-corrected chi connectivity index (χ1v) is 9.06. The quantitative estimate of drug-likeness (QED) is 0.858. The molecule has 26 heavy (non-hydrogen) atoms. The summed E-state index contributed by atoms with van der Waals surface area (Å²) in [5, 5.41) is 5.97. The molecule has 0 aromatic carbocycles. The van der Waals surface area contributed by atoms with E-state index in [9.17, 15) is 4.79 Å². The van der Waals surface area contributed by atoms with Gasteiger partial charge in [-0.05, 0) is 45.4 Å². The normalized spacial score (nSPS) is 17.7. The van der Waals surface area contributed by atoms with Gasteiger partial charge in [-0.1, -0.05) is 12.5 Å². The number of likely N-dealkylation sites (N-methyl/N-ethyl adjacent to an activating group) is 1. The largest absolute Gasteiger partial charge is 0.358 e. The van der Waals surface area contributed by atoms with E-state index in [4.69, 9.17) is 4.98 Å². The summed E-state index contributed by atoms with van der Waals surface area (Å²) >= 11 is 0. The summed E-state index contributed by atoms with van der Waals surface area (Å²) in [4.78, 5) is 27.9. The molecule has 0 saturated carbocycles. The van der Waals surface area contributed by atoms with Crippen LogP contribution >= 0.6 is 0 Å². The maximum Gasteiger partial charge on any atom is 0.233 e. The second kappa shape index (κ2) is 8.23. The Labute approximate surface area is 154 Å². The number of likely N-dealkylation sites (tertiary alicyclic amines) is 1. The van der Waals surface area contributed by atoms with Crippen LogP contribution in [0.4, 0.5) is 11.6 Å². The van der Waals surface area contributed by atoms with Crippen LogP contribution in [0.15, 0.2) is 24.3 Å². The second-order valence-electron chi connectivity index (χ2n) is 6.70. The lowest BCUT2D eigenvalue weighted by Gasteiger charge is -2.34. The number of piperidine rings is 1. The number of anilines is 2. The molecule has 0 bridgehead atoms. The van der Waals surface area contributed by atoms with Gasteiger partial charge in [0.1, 0.15) is 17.5 Å². The van der Waals surface area contributed by atoms with Crippen molar-refractivity contribution in [1.82, 2.24) is 25.2 Å². The second-order valence-corrected chi connectivity index (χ2v) is 6.70. The Balaban J connectivity index is 1.84. The molecule has 2 aromatic heterocycles. The molecule has 7 nitrogen and oxygen atoms in total. The standard InChI is InChI=1S/C19H26N6O/c1-13-7-6-9-16(21-13)23-17-11-14(2)22-19(24-17)15-8-4-5-10-25(15)12-18(26)20-3/h6-7,9,11,15H,4-5,8,10,12H2,1-3H3,(H,20,26)(H,21,22,23,24). The molecule has 0 spiro atoms. The number of aromatic nitrogens is 3. The molecule has 2 aromatic rings. The van der Waals surface area contributed by atoms with Crippen molar-refractivity contribution in [2.24, 2.45) is 0 Å². The number of rotatable bonds is 5. The summed E-state index contributed by atoms with van der Waals surface area (Å²) in [5.41, 5.74) is 1.85. The van der Waals surface area contributed by atoms with Crippen molar-refractivity contribution in [2.45, 2.75) is 39.2 Å². The smallest absolute Gasteiger partial charge is 0.233 e. The minimum absolute atomic E-state index is 0.0202. The lowest BCUT2D eigenvalue weighted by atomic mass is 10.0. The van der Waals surface area contributed by atoms with E-state index in [1.165, 1.54) is 0 Å². The number of nitrogens with one attached hydrogen (secondary N) is 2. The van der Waals surface area contributed by atoms with E-state index < -0.39 is 0 Å². The summed E-state index contributed by atoms with van der Waals surface area (Å²) < 4.78 is 0. The van der Waals surface area contributed by atoms with E-state index in [0.717, 1.165) is 54.7 Å². The Kier molecular flexibility index (Phi) is 5.78. The molecule has 1 fully saturated rings. The minimum Gasteiger partial charge on any atom is -0.358 e. The van der Waals surface area contributed by atoms with E-state index in [1.54, 1.807) is 7.05 Å². The first-order valence-electron chi connectivity index (χ1n) is 9.06. The summed E-state index contributed by atoms with van der Waals surface area (Å²) in [6.45, 7) is 5.19.